The zero-order chi connectivity index (χ0) is 17.0. The van der Waals surface area contributed by atoms with Crippen molar-refractivity contribution in [3.05, 3.63) is 17.7 Å². The highest BCUT2D eigenvalue weighted by Gasteiger charge is 2.36. The molecule has 0 amide bonds. The minimum Gasteiger partial charge on any atom is -0.502 e. The number of rotatable bonds is 5. The van der Waals surface area contributed by atoms with E-state index in [-0.39, 0.29) is 29.7 Å². The summed E-state index contributed by atoms with van der Waals surface area (Å²) in [6.07, 6.45) is -5.27. The number of phenolic OH excluding ortho intramolecular Hbond substituents is 1. The van der Waals surface area contributed by atoms with Crippen LogP contribution in [0.3, 0.4) is 0 Å². The van der Waals surface area contributed by atoms with Gasteiger partial charge in [0.05, 0.1) is 20.6 Å². The fourth-order valence-electron chi connectivity index (χ4n) is 2.78. The van der Waals surface area contributed by atoms with E-state index in [0.717, 1.165) is 0 Å². The van der Waals surface area contributed by atoms with Crippen LogP contribution in [0.2, 0.25) is 0 Å². The first-order valence-electron chi connectivity index (χ1n) is 7.32. The average Bonchev–Trinajstić information content (AvgIpc) is 2.53. The summed E-state index contributed by atoms with van der Waals surface area (Å²) < 4.78 is 49.2. The Morgan fingerprint density at radius 1 is 1.17 bits per heavy atom. The van der Waals surface area contributed by atoms with E-state index in [1.165, 1.54) is 26.4 Å². The topological polar surface area (TPSA) is 54.0 Å². The summed E-state index contributed by atoms with van der Waals surface area (Å²) in [6.45, 7) is 2.32. The number of aromatic hydroxyl groups is 1. The first-order chi connectivity index (χ1) is 10.9. The normalized spacial score (nSPS) is 17.0. The van der Waals surface area contributed by atoms with E-state index in [1.807, 2.05) is 0 Å². The number of piperazine rings is 1. The third-order valence-corrected chi connectivity index (χ3v) is 3.90. The molecule has 0 bridgehead atoms. The highest BCUT2D eigenvalue weighted by molar-refractivity contribution is 5.85. The van der Waals surface area contributed by atoms with Gasteiger partial charge in [0.1, 0.15) is 0 Å². The van der Waals surface area contributed by atoms with Crippen molar-refractivity contribution in [2.75, 3.05) is 40.4 Å². The van der Waals surface area contributed by atoms with Crippen LogP contribution >= 0.6 is 12.4 Å². The highest BCUT2D eigenvalue weighted by atomic mass is 35.5. The lowest BCUT2D eigenvalue weighted by molar-refractivity contribution is -0.148. The van der Waals surface area contributed by atoms with Crippen LogP contribution in [0.15, 0.2) is 12.1 Å². The maximum absolute atomic E-state index is 13.0. The van der Waals surface area contributed by atoms with Crippen LogP contribution in [0.4, 0.5) is 13.2 Å². The van der Waals surface area contributed by atoms with Crippen molar-refractivity contribution in [2.24, 2.45) is 0 Å². The second-order valence-electron chi connectivity index (χ2n) is 5.40. The number of methoxy groups -OCH3 is 2. The smallest absolute Gasteiger partial charge is 0.390 e. The van der Waals surface area contributed by atoms with Gasteiger partial charge >= 0.3 is 6.18 Å². The van der Waals surface area contributed by atoms with Crippen molar-refractivity contribution in [3.8, 4) is 17.2 Å². The van der Waals surface area contributed by atoms with Crippen molar-refractivity contribution in [3.63, 3.8) is 0 Å². The largest absolute Gasteiger partial charge is 0.502 e. The molecule has 1 aromatic rings. The Balaban J connectivity index is 0.00000288. The van der Waals surface area contributed by atoms with Crippen LogP contribution in [0.25, 0.3) is 0 Å². The van der Waals surface area contributed by atoms with Gasteiger partial charge in [-0.3, -0.25) is 4.90 Å². The van der Waals surface area contributed by atoms with E-state index in [9.17, 15) is 18.3 Å². The molecule has 1 fully saturated rings. The van der Waals surface area contributed by atoms with E-state index in [0.29, 0.717) is 31.7 Å². The molecule has 9 heteroatoms. The molecule has 24 heavy (non-hydrogen) atoms. The molecule has 0 unspecified atom stereocenters. The lowest BCUT2D eigenvalue weighted by Gasteiger charge is -2.36. The molecule has 0 aromatic heterocycles. The molecule has 0 saturated carbocycles. The van der Waals surface area contributed by atoms with Crippen molar-refractivity contribution >= 4 is 12.4 Å². The van der Waals surface area contributed by atoms with Crippen LogP contribution in [-0.2, 0) is 0 Å². The zero-order valence-electron chi connectivity index (χ0n) is 13.5. The molecule has 138 valence electrons. The number of benzene rings is 1. The minimum atomic E-state index is -4.30. The molecule has 5 nitrogen and oxygen atoms in total. The van der Waals surface area contributed by atoms with E-state index >= 15 is 0 Å². The molecule has 0 spiro atoms. The van der Waals surface area contributed by atoms with Crippen molar-refractivity contribution in [1.82, 2.24) is 10.2 Å². The average molecular weight is 371 g/mol. The second kappa shape index (κ2) is 8.64. The van der Waals surface area contributed by atoms with Crippen molar-refractivity contribution < 1.29 is 27.8 Å². The molecule has 1 aliphatic heterocycles. The Morgan fingerprint density at radius 3 is 2.08 bits per heavy atom. The summed E-state index contributed by atoms with van der Waals surface area (Å²) in [5, 5.41) is 13.1. The first kappa shape index (κ1) is 20.7. The van der Waals surface area contributed by atoms with Crippen LogP contribution in [-0.4, -0.2) is 56.6 Å². The lowest BCUT2D eigenvalue weighted by Crippen LogP contribution is -2.46. The van der Waals surface area contributed by atoms with Crippen LogP contribution in [0.1, 0.15) is 18.0 Å². The van der Waals surface area contributed by atoms with Gasteiger partial charge in [-0.1, -0.05) is 0 Å². The minimum absolute atomic E-state index is 0. The fraction of sp³-hybridized carbons (Fsp3) is 0.600. The number of ether oxygens (including phenoxy) is 2. The maximum atomic E-state index is 13.0. The van der Waals surface area contributed by atoms with Gasteiger partial charge in [0.15, 0.2) is 11.5 Å². The standard InChI is InChI=1S/C15H21F3N2O3.ClH/c1-22-12-7-10(8-13(23-2)14(12)21)11(9-15(16,17)18)20-5-3-19-4-6-20;/h7-8,11,19,21H,3-6,9H2,1-2H3;1H/t11-;/m0./s1. The van der Waals surface area contributed by atoms with E-state index in [1.54, 1.807) is 4.90 Å². The van der Waals surface area contributed by atoms with Gasteiger partial charge in [0, 0.05) is 32.2 Å². The summed E-state index contributed by atoms with van der Waals surface area (Å²) in [5.74, 6) is -0.0202. The molecule has 1 saturated heterocycles. The van der Waals surface area contributed by atoms with Gasteiger partial charge in [0.2, 0.25) is 5.75 Å². The third-order valence-electron chi connectivity index (χ3n) is 3.90. The summed E-state index contributed by atoms with van der Waals surface area (Å²) in [4.78, 5) is 1.79. The van der Waals surface area contributed by atoms with Gasteiger partial charge in [-0.15, -0.1) is 12.4 Å². The third kappa shape index (κ3) is 5.06. The molecule has 0 radical (unpaired) electrons. The first-order valence-corrected chi connectivity index (χ1v) is 7.32. The van der Waals surface area contributed by atoms with Gasteiger partial charge in [0.25, 0.3) is 0 Å². The molecule has 2 rings (SSSR count). The molecule has 1 aliphatic rings. The Kier molecular flexibility index (Phi) is 7.44. The van der Waals surface area contributed by atoms with Crippen molar-refractivity contribution in [2.45, 2.75) is 18.6 Å². The number of nitrogens with one attached hydrogen (secondary N) is 1. The molecular weight excluding hydrogens is 349 g/mol. The fourth-order valence-corrected chi connectivity index (χ4v) is 2.78. The molecule has 1 atom stereocenters. The van der Waals surface area contributed by atoms with Gasteiger partial charge in [-0.05, 0) is 17.7 Å². The summed E-state index contributed by atoms with van der Waals surface area (Å²) in [6, 6.07) is 2.03. The van der Waals surface area contributed by atoms with Gasteiger partial charge in [-0.25, -0.2) is 0 Å². The number of phenols is 1. The number of hydrogen-bond acceptors (Lipinski definition) is 5. The zero-order valence-corrected chi connectivity index (χ0v) is 14.3. The molecular formula is C15H22ClF3N2O3. The summed E-state index contributed by atoms with van der Waals surface area (Å²) in [7, 11) is 2.70. The number of halogens is 4. The highest BCUT2D eigenvalue weighted by Crippen LogP contribution is 2.42. The Labute approximate surface area is 145 Å². The Morgan fingerprint density at radius 2 is 1.67 bits per heavy atom. The quantitative estimate of drug-likeness (QED) is 0.834. The van der Waals surface area contributed by atoms with E-state index in [4.69, 9.17) is 9.47 Å². The van der Waals surface area contributed by atoms with Crippen LogP contribution in [0, 0.1) is 0 Å². The predicted molar refractivity (Wildman–Crippen MR) is 86.3 cm³/mol. The molecule has 1 heterocycles. The molecule has 2 N–H and O–H groups in total. The number of hydrogen-bond donors (Lipinski definition) is 2. The van der Waals surface area contributed by atoms with Gasteiger partial charge < -0.3 is 19.9 Å². The lowest BCUT2D eigenvalue weighted by atomic mass is 9.99. The SMILES string of the molecule is COc1cc([C@H](CC(F)(F)F)N2CCNCC2)cc(OC)c1O.Cl. The van der Waals surface area contributed by atoms with E-state index in [2.05, 4.69) is 5.32 Å². The maximum Gasteiger partial charge on any atom is 0.390 e. The molecule has 1 aromatic carbocycles. The van der Waals surface area contributed by atoms with Crippen LogP contribution < -0.4 is 14.8 Å². The van der Waals surface area contributed by atoms with Crippen LogP contribution in [0.5, 0.6) is 17.2 Å². The van der Waals surface area contributed by atoms with Gasteiger partial charge in [-0.2, -0.15) is 13.2 Å². The predicted octanol–water partition coefficient (Wildman–Crippen LogP) is 2.73. The Hall–Kier alpha value is -1.38. The molecule has 0 aliphatic carbocycles. The summed E-state index contributed by atoms with van der Waals surface area (Å²) in [5.41, 5.74) is 0.413. The Bertz CT molecular complexity index is 512. The summed E-state index contributed by atoms with van der Waals surface area (Å²) >= 11 is 0. The number of nitrogens with zero attached hydrogens (tertiary/aromatic N) is 1. The monoisotopic (exact) mass is 370 g/mol. The second-order valence-corrected chi connectivity index (χ2v) is 5.40. The number of alkyl halides is 3. The van der Waals surface area contributed by atoms with Crippen molar-refractivity contribution in [1.29, 1.82) is 0 Å². The van der Waals surface area contributed by atoms with E-state index < -0.39 is 18.6 Å².